The SMILES string of the molecule is C#CC(C)(C)NCCS(=O)(=O)c1cccc(C#N)c1. The van der Waals surface area contributed by atoms with Gasteiger partial charge in [-0.15, -0.1) is 6.42 Å². The first-order valence-corrected chi connectivity index (χ1v) is 7.42. The summed E-state index contributed by atoms with van der Waals surface area (Å²) in [5.41, 5.74) is -0.206. The standard InChI is InChI=1S/C14H16N2O2S/c1-4-14(2,3)16-8-9-19(17,18)13-7-5-6-12(10-13)11-15/h1,5-7,10,16H,8-9H2,2-3H3. The Kier molecular flexibility index (Phi) is 4.72. The number of nitrogens with one attached hydrogen (secondary N) is 1. The van der Waals surface area contributed by atoms with E-state index in [1.165, 1.54) is 12.1 Å². The van der Waals surface area contributed by atoms with Crippen molar-refractivity contribution in [1.82, 2.24) is 5.32 Å². The molecule has 0 aliphatic rings. The molecular weight excluding hydrogens is 260 g/mol. The average Bonchev–Trinajstić information content (AvgIpc) is 2.38. The van der Waals surface area contributed by atoms with E-state index in [4.69, 9.17) is 11.7 Å². The van der Waals surface area contributed by atoms with Crippen LogP contribution in [0.1, 0.15) is 19.4 Å². The van der Waals surface area contributed by atoms with Crippen LogP contribution in [-0.4, -0.2) is 26.3 Å². The lowest BCUT2D eigenvalue weighted by molar-refractivity contribution is 0.506. The van der Waals surface area contributed by atoms with Crippen molar-refractivity contribution in [3.05, 3.63) is 29.8 Å². The highest BCUT2D eigenvalue weighted by atomic mass is 32.2. The number of sulfone groups is 1. The number of nitrogens with zero attached hydrogens (tertiary/aromatic N) is 1. The molecular formula is C14H16N2O2S. The van der Waals surface area contributed by atoms with Crippen LogP contribution in [0.25, 0.3) is 0 Å². The summed E-state index contributed by atoms with van der Waals surface area (Å²) in [4.78, 5) is 0.159. The minimum absolute atomic E-state index is 0.0625. The predicted molar refractivity (Wildman–Crippen MR) is 74.1 cm³/mol. The van der Waals surface area contributed by atoms with Gasteiger partial charge in [-0.05, 0) is 32.0 Å². The molecule has 5 heteroatoms. The minimum Gasteiger partial charge on any atom is -0.301 e. The molecule has 19 heavy (non-hydrogen) atoms. The smallest absolute Gasteiger partial charge is 0.179 e. The third-order valence-corrected chi connectivity index (χ3v) is 4.33. The van der Waals surface area contributed by atoms with Crippen LogP contribution in [0.2, 0.25) is 0 Å². The van der Waals surface area contributed by atoms with Crippen LogP contribution in [0.5, 0.6) is 0 Å². The van der Waals surface area contributed by atoms with Gasteiger partial charge in [0, 0.05) is 6.54 Å². The fraction of sp³-hybridized carbons (Fsp3) is 0.357. The molecule has 0 spiro atoms. The van der Waals surface area contributed by atoms with Crippen molar-refractivity contribution < 1.29 is 8.42 Å². The minimum atomic E-state index is -3.41. The quantitative estimate of drug-likeness (QED) is 0.824. The Morgan fingerprint density at radius 1 is 1.42 bits per heavy atom. The van der Waals surface area contributed by atoms with Crippen LogP contribution in [0, 0.1) is 23.7 Å². The largest absolute Gasteiger partial charge is 0.301 e. The van der Waals surface area contributed by atoms with Crippen LogP contribution < -0.4 is 5.32 Å². The number of hydrogen-bond acceptors (Lipinski definition) is 4. The molecule has 1 aromatic carbocycles. The lowest BCUT2D eigenvalue weighted by atomic mass is 10.1. The number of rotatable bonds is 5. The van der Waals surface area contributed by atoms with Gasteiger partial charge >= 0.3 is 0 Å². The second kappa shape index (κ2) is 5.88. The molecule has 1 N–H and O–H groups in total. The Morgan fingerprint density at radius 2 is 2.11 bits per heavy atom. The van der Waals surface area contributed by atoms with E-state index in [9.17, 15) is 8.42 Å². The molecule has 0 amide bonds. The molecule has 0 atom stereocenters. The highest BCUT2D eigenvalue weighted by Gasteiger charge is 2.17. The van der Waals surface area contributed by atoms with Crippen molar-refractivity contribution in [3.8, 4) is 18.4 Å². The Hall–Kier alpha value is -1.82. The lowest BCUT2D eigenvalue weighted by Crippen LogP contribution is -2.40. The molecule has 0 radical (unpaired) electrons. The maximum absolute atomic E-state index is 12.1. The first kappa shape index (κ1) is 15.2. The van der Waals surface area contributed by atoms with Crippen LogP contribution in [-0.2, 0) is 9.84 Å². The summed E-state index contributed by atoms with van der Waals surface area (Å²) in [7, 11) is -3.41. The van der Waals surface area contributed by atoms with Gasteiger partial charge in [0.2, 0.25) is 0 Å². The molecule has 100 valence electrons. The average molecular weight is 276 g/mol. The van der Waals surface area contributed by atoms with Gasteiger partial charge in [0.25, 0.3) is 0 Å². The molecule has 1 rings (SSSR count). The first-order valence-electron chi connectivity index (χ1n) is 5.76. The molecule has 0 fully saturated rings. The summed E-state index contributed by atoms with van der Waals surface area (Å²) in [6.07, 6.45) is 5.31. The monoisotopic (exact) mass is 276 g/mol. The third-order valence-electron chi connectivity index (χ3n) is 2.62. The predicted octanol–water partition coefficient (Wildman–Crippen LogP) is 1.33. The molecule has 0 saturated carbocycles. The molecule has 0 bridgehead atoms. The van der Waals surface area contributed by atoms with Gasteiger partial charge in [-0.2, -0.15) is 5.26 Å². The molecule has 0 saturated heterocycles. The normalized spacial score (nSPS) is 11.6. The van der Waals surface area contributed by atoms with E-state index in [0.717, 1.165) is 0 Å². The first-order chi connectivity index (χ1) is 8.80. The maximum atomic E-state index is 12.1. The van der Waals surface area contributed by atoms with Crippen molar-refractivity contribution in [2.45, 2.75) is 24.3 Å². The Balaban J connectivity index is 2.78. The summed E-state index contributed by atoms with van der Waals surface area (Å²) >= 11 is 0. The van der Waals surface area contributed by atoms with Crippen LogP contribution >= 0.6 is 0 Å². The Morgan fingerprint density at radius 3 is 2.68 bits per heavy atom. The van der Waals surface area contributed by atoms with Crippen molar-refractivity contribution in [3.63, 3.8) is 0 Å². The fourth-order valence-electron chi connectivity index (χ4n) is 1.43. The Labute approximate surface area is 114 Å². The van der Waals surface area contributed by atoms with Crippen LogP contribution in [0.4, 0.5) is 0 Å². The van der Waals surface area contributed by atoms with Gasteiger partial charge in [0.1, 0.15) is 0 Å². The number of nitriles is 1. The molecule has 0 aliphatic heterocycles. The van der Waals surface area contributed by atoms with Crippen molar-refractivity contribution in [2.75, 3.05) is 12.3 Å². The highest BCUT2D eigenvalue weighted by Crippen LogP contribution is 2.12. The van der Waals surface area contributed by atoms with E-state index in [2.05, 4.69) is 11.2 Å². The topological polar surface area (TPSA) is 70.0 Å². The van der Waals surface area contributed by atoms with Crippen LogP contribution in [0.15, 0.2) is 29.2 Å². The second-order valence-corrected chi connectivity index (χ2v) is 6.76. The van der Waals surface area contributed by atoms with E-state index in [1.54, 1.807) is 26.0 Å². The van der Waals surface area contributed by atoms with Crippen LogP contribution in [0.3, 0.4) is 0 Å². The van der Waals surface area contributed by atoms with E-state index >= 15 is 0 Å². The van der Waals surface area contributed by atoms with Gasteiger partial charge in [-0.1, -0.05) is 12.0 Å². The summed E-state index contributed by atoms with van der Waals surface area (Å²) in [6, 6.07) is 7.92. The molecule has 0 unspecified atom stereocenters. The maximum Gasteiger partial charge on any atom is 0.179 e. The zero-order valence-corrected chi connectivity index (χ0v) is 11.8. The molecule has 0 aromatic heterocycles. The number of hydrogen-bond donors (Lipinski definition) is 1. The molecule has 1 aromatic rings. The number of terminal acetylenes is 1. The van der Waals surface area contributed by atoms with Crippen molar-refractivity contribution >= 4 is 9.84 Å². The van der Waals surface area contributed by atoms with Gasteiger partial charge in [0.15, 0.2) is 9.84 Å². The zero-order chi connectivity index (χ0) is 14.5. The number of benzene rings is 1. The third kappa shape index (κ3) is 4.40. The molecule has 4 nitrogen and oxygen atoms in total. The summed E-state index contributed by atoms with van der Waals surface area (Å²) in [5, 5.41) is 11.7. The van der Waals surface area contributed by atoms with Crippen molar-refractivity contribution in [2.24, 2.45) is 0 Å². The van der Waals surface area contributed by atoms with Gasteiger partial charge in [0.05, 0.1) is 27.8 Å². The molecule has 0 heterocycles. The van der Waals surface area contributed by atoms with Crippen molar-refractivity contribution in [1.29, 1.82) is 5.26 Å². The fourth-order valence-corrected chi connectivity index (χ4v) is 2.62. The lowest BCUT2D eigenvalue weighted by Gasteiger charge is -2.19. The molecule has 0 aliphatic carbocycles. The van der Waals surface area contributed by atoms with E-state index < -0.39 is 15.4 Å². The van der Waals surface area contributed by atoms with E-state index in [0.29, 0.717) is 5.56 Å². The van der Waals surface area contributed by atoms with Gasteiger partial charge in [-0.25, -0.2) is 8.42 Å². The van der Waals surface area contributed by atoms with Gasteiger partial charge < -0.3 is 5.32 Å². The summed E-state index contributed by atoms with van der Waals surface area (Å²) in [5.74, 6) is 2.47. The highest BCUT2D eigenvalue weighted by molar-refractivity contribution is 7.91. The van der Waals surface area contributed by atoms with E-state index in [1.807, 2.05) is 6.07 Å². The zero-order valence-electron chi connectivity index (χ0n) is 11.0. The summed E-state index contributed by atoms with van der Waals surface area (Å²) in [6.45, 7) is 3.86. The Bertz CT molecular complexity index is 634. The summed E-state index contributed by atoms with van der Waals surface area (Å²) < 4.78 is 24.1. The second-order valence-electron chi connectivity index (χ2n) is 4.65. The van der Waals surface area contributed by atoms with E-state index in [-0.39, 0.29) is 17.2 Å². The van der Waals surface area contributed by atoms with Gasteiger partial charge in [-0.3, -0.25) is 0 Å².